The lowest BCUT2D eigenvalue weighted by Gasteiger charge is -2.25. The van der Waals surface area contributed by atoms with Gasteiger partial charge in [-0.15, -0.1) is 0 Å². The van der Waals surface area contributed by atoms with E-state index in [1.807, 2.05) is 24.4 Å². The molecule has 2 heterocycles. The quantitative estimate of drug-likeness (QED) is 0.254. The number of aliphatic carboxylic acids is 1. The number of aromatic amines is 1. The van der Waals surface area contributed by atoms with Crippen LogP contribution >= 0.6 is 0 Å². The minimum Gasteiger partial charge on any atom is -0.480 e. The third kappa shape index (κ3) is 6.97. The molecule has 0 fully saturated rings. The first kappa shape index (κ1) is 24.6. The molecule has 2 aromatic heterocycles. The van der Waals surface area contributed by atoms with Crippen LogP contribution in [-0.2, 0) is 24.3 Å². The van der Waals surface area contributed by atoms with Crippen molar-refractivity contribution in [1.29, 1.82) is 0 Å². The number of rotatable bonds is 12. The van der Waals surface area contributed by atoms with Gasteiger partial charge in [-0.1, -0.05) is 18.2 Å². The van der Waals surface area contributed by atoms with E-state index in [4.69, 9.17) is 0 Å². The van der Waals surface area contributed by atoms with Crippen molar-refractivity contribution in [2.45, 2.75) is 57.3 Å². The average molecular weight is 477 g/mol. The van der Waals surface area contributed by atoms with E-state index in [0.717, 1.165) is 36.3 Å². The number of nitrogens with one attached hydrogen (secondary N) is 4. The SMILES string of the molecule is O=C(N[C@@H](CCCN[C@H]1CCCc2cccnc21)C(=O)O)c1ccc(CNCc2ncc[nH]2)cc1. The number of nitrogens with zero attached hydrogens (tertiary/aromatic N) is 2. The average Bonchev–Trinajstić information content (AvgIpc) is 3.39. The van der Waals surface area contributed by atoms with Gasteiger partial charge in [0.15, 0.2) is 0 Å². The number of H-pyrrole nitrogens is 1. The maximum absolute atomic E-state index is 12.6. The molecule has 184 valence electrons. The highest BCUT2D eigenvalue weighted by Crippen LogP contribution is 2.27. The molecule has 0 saturated carbocycles. The molecule has 1 aliphatic rings. The van der Waals surface area contributed by atoms with E-state index in [2.05, 4.69) is 37.0 Å². The number of carbonyl (C=O) groups excluding carboxylic acids is 1. The van der Waals surface area contributed by atoms with Crippen molar-refractivity contribution in [3.63, 3.8) is 0 Å². The van der Waals surface area contributed by atoms with Gasteiger partial charge in [0, 0.05) is 36.7 Å². The zero-order valence-electron chi connectivity index (χ0n) is 19.7. The van der Waals surface area contributed by atoms with Crippen LogP contribution in [0.3, 0.4) is 0 Å². The Morgan fingerprint density at radius 3 is 2.74 bits per heavy atom. The van der Waals surface area contributed by atoms with Crippen molar-refractivity contribution in [2.75, 3.05) is 6.54 Å². The highest BCUT2D eigenvalue weighted by atomic mass is 16.4. The van der Waals surface area contributed by atoms with Gasteiger partial charge in [0.25, 0.3) is 5.91 Å². The molecular weight excluding hydrogens is 444 g/mol. The molecule has 0 saturated heterocycles. The number of amides is 1. The molecule has 9 heteroatoms. The minimum absolute atomic E-state index is 0.199. The maximum Gasteiger partial charge on any atom is 0.326 e. The highest BCUT2D eigenvalue weighted by molar-refractivity contribution is 5.96. The molecule has 1 amide bonds. The molecule has 0 aliphatic heterocycles. The van der Waals surface area contributed by atoms with E-state index in [0.29, 0.717) is 38.0 Å². The van der Waals surface area contributed by atoms with Crippen molar-refractivity contribution in [3.8, 4) is 0 Å². The number of imidazole rings is 1. The lowest BCUT2D eigenvalue weighted by atomic mass is 9.92. The number of hydrogen-bond acceptors (Lipinski definition) is 6. The van der Waals surface area contributed by atoms with Gasteiger partial charge in [0.05, 0.1) is 12.2 Å². The van der Waals surface area contributed by atoms with Crippen LogP contribution in [0.25, 0.3) is 0 Å². The van der Waals surface area contributed by atoms with Crippen LogP contribution in [0.4, 0.5) is 0 Å². The molecule has 3 aromatic rings. The molecule has 0 radical (unpaired) electrons. The Bertz CT molecular complexity index is 1100. The summed E-state index contributed by atoms with van der Waals surface area (Å²) in [5, 5.41) is 19.1. The number of carboxylic acids is 1. The molecule has 1 aromatic carbocycles. The second-order valence-corrected chi connectivity index (χ2v) is 8.79. The van der Waals surface area contributed by atoms with Gasteiger partial charge < -0.3 is 26.0 Å². The van der Waals surface area contributed by atoms with Crippen molar-refractivity contribution < 1.29 is 14.7 Å². The number of carbonyl (C=O) groups is 2. The van der Waals surface area contributed by atoms with Crippen LogP contribution in [0.1, 0.15) is 64.7 Å². The molecule has 9 nitrogen and oxygen atoms in total. The first-order valence-corrected chi connectivity index (χ1v) is 12.1. The van der Waals surface area contributed by atoms with Gasteiger partial charge in [0.1, 0.15) is 11.9 Å². The van der Waals surface area contributed by atoms with Crippen molar-refractivity contribution in [1.82, 2.24) is 30.9 Å². The summed E-state index contributed by atoms with van der Waals surface area (Å²) in [7, 11) is 0. The second-order valence-electron chi connectivity index (χ2n) is 8.79. The number of pyridine rings is 1. The molecule has 4 rings (SSSR count). The predicted molar refractivity (Wildman–Crippen MR) is 132 cm³/mol. The Morgan fingerprint density at radius 2 is 1.97 bits per heavy atom. The fourth-order valence-corrected chi connectivity index (χ4v) is 4.38. The smallest absolute Gasteiger partial charge is 0.326 e. The molecule has 2 atom stereocenters. The summed E-state index contributed by atoms with van der Waals surface area (Å²) in [4.78, 5) is 36.1. The third-order valence-corrected chi connectivity index (χ3v) is 6.25. The number of hydrogen-bond donors (Lipinski definition) is 5. The summed E-state index contributed by atoms with van der Waals surface area (Å²) in [6.07, 6.45) is 9.48. The maximum atomic E-state index is 12.6. The third-order valence-electron chi connectivity index (χ3n) is 6.25. The van der Waals surface area contributed by atoms with E-state index in [9.17, 15) is 14.7 Å². The largest absolute Gasteiger partial charge is 0.480 e. The Morgan fingerprint density at radius 1 is 1.11 bits per heavy atom. The summed E-state index contributed by atoms with van der Waals surface area (Å²) in [6, 6.07) is 10.5. The lowest BCUT2D eigenvalue weighted by Crippen LogP contribution is -2.41. The fraction of sp³-hybridized carbons (Fsp3) is 0.385. The van der Waals surface area contributed by atoms with Gasteiger partial charge in [-0.2, -0.15) is 0 Å². The Hall–Kier alpha value is -3.56. The van der Waals surface area contributed by atoms with Crippen LogP contribution in [0.5, 0.6) is 0 Å². The number of fused-ring (bicyclic) bond motifs is 1. The molecule has 0 unspecified atom stereocenters. The van der Waals surface area contributed by atoms with Gasteiger partial charge >= 0.3 is 5.97 Å². The van der Waals surface area contributed by atoms with Crippen LogP contribution in [0, 0.1) is 0 Å². The van der Waals surface area contributed by atoms with Gasteiger partial charge in [-0.05, 0) is 68.0 Å². The van der Waals surface area contributed by atoms with Crippen molar-refractivity contribution >= 4 is 11.9 Å². The zero-order chi connectivity index (χ0) is 24.5. The van der Waals surface area contributed by atoms with Crippen LogP contribution in [0.2, 0.25) is 0 Å². The monoisotopic (exact) mass is 476 g/mol. The van der Waals surface area contributed by atoms with Crippen LogP contribution < -0.4 is 16.0 Å². The number of carboxylic acid groups (broad SMARTS) is 1. The topological polar surface area (TPSA) is 132 Å². The standard InChI is InChI=1S/C26H32N6O3/c33-25(20-10-8-18(9-11-20)16-27-17-23-29-14-15-30-23)32-22(26(34)35)7-3-12-28-21-6-1-4-19-5-2-13-31-24(19)21/h2,5,8-11,13-15,21-22,27-28H,1,3-4,6-7,12,16-17H2,(H,29,30)(H,32,33)(H,34,35)/t21-,22-/m0/s1. The molecule has 0 bridgehead atoms. The van der Waals surface area contributed by atoms with Gasteiger partial charge in [0.2, 0.25) is 0 Å². The number of benzene rings is 1. The second kappa shape index (κ2) is 12.2. The number of aryl methyl sites for hydroxylation is 1. The van der Waals surface area contributed by atoms with Crippen LogP contribution in [-0.4, -0.2) is 44.5 Å². The molecule has 35 heavy (non-hydrogen) atoms. The van der Waals surface area contributed by atoms with Crippen molar-refractivity contribution in [3.05, 3.63) is 83.2 Å². The summed E-state index contributed by atoms with van der Waals surface area (Å²) < 4.78 is 0. The molecule has 1 aliphatic carbocycles. The summed E-state index contributed by atoms with van der Waals surface area (Å²) >= 11 is 0. The van der Waals surface area contributed by atoms with Crippen LogP contribution in [0.15, 0.2) is 55.0 Å². The van der Waals surface area contributed by atoms with E-state index in [-0.39, 0.29) is 11.9 Å². The molecular formula is C26H32N6O3. The first-order valence-electron chi connectivity index (χ1n) is 12.1. The Labute approximate surface area is 204 Å². The molecule has 0 spiro atoms. The summed E-state index contributed by atoms with van der Waals surface area (Å²) in [5.74, 6) is -0.552. The molecule has 5 N–H and O–H groups in total. The summed E-state index contributed by atoms with van der Waals surface area (Å²) in [5.41, 5.74) is 3.84. The predicted octanol–water partition coefficient (Wildman–Crippen LogP) is 2.72. The van der Waals surface area contributed by atoms with Gasteiger partial charge in [-0.25, -0.2) is 9.78 Å². The Balaban J connectivity index is 1.21. The van der Waals surface area contributed by atoms with E-state index >= 15 is 0 Å². The highest BCUT2D eigenvalue weighted by Gasteiger charge is 2.22. The van der Waals surface area contributed by atoms with Gasteiger partial charge in [-0.3, -0.25) is 9.78 Å². The summed E-state index contributed by atoms with van der Waals surface area (Å²) in [6.45, 7) is 1.92. The number of aromatic nitrogens is 3. The first-order chi connectivity index (χ1) is 17.1. The van der Waals surface area contributed by atoms with E-state index < -0.39 is 12.0 Å². The van der Waals surface area contributed by atoms with E-state index in [1.165, 1.54) is 5.56 Å². The lowest BCUT2D eigenvalue weighted by molar-refractivity contribution is -0.139. The Kier molecular flexibility index (Phi) is 8.58. The minimum atomic E-state index is -1.03. The fourth-order valence-electron chi connectivity index (χ4n) is 4.38. The zero-order valence-corrected chi connectivity index (χ0v) is 19.7. The van der Waals surface area contributed by atoms with Crippen molar-refractivity contribution in [2.24, 2.45) is 0 Å². The van der Waals surface area contributed by atoms with E-state index in [1.54, 1.807) is 24.5 Å². The normalized spacial score (nSPS) is 15.8.